The number of aryl methyl sites for hydroxylation is 2. The quantitative estimate of drug-likeness (QED) is 0.0903. The molecule has 0 radical (unpaired) electrons. The van der Waals surface area contributed by atoms with Gasteiger partial charge in [0, 0.05) is 38.2 Å². The number of hydrogen-bond donors (Lipinski definition) is 3. The summed E-state index contributed by atoms with van der Waals surface area (Å²) in [6.45, 7) is 9.55. The molecule has 268 valence electrons. The molecule has 5 rings (SSSR count). The van der Waals surface area contributed by atoms with Crippen LogP contribution in [0.15, 0.2) is 46.0 Å². The molecule has 0 saturated carbocycles. The number of carbonyl (C=O) groups excluding carboxylic acids is 4. The Hall–Kier alpha value is -5.84. The number of nitrogens with two attached hydrogens (primary N) is 3. The van der Waals surface area contributed by atoms with E-state index in [1.54, 1.807) is 42.9 Å². The Kier molecular flexibility index (Phi) is 10.7. The van der Waals surface area contributed by atoms with Crippen LogP contribution in [0.4, 0.5) is 5.95 Å². The molecule has 6 N–H and O–H groups in total. The van der Waals surface area contributed by atoms with Gasteiger partial charge in [0.25, 0.3) is 0 Å². The highest BCUT2D eigenvalue weighted by atomic mass is 32.1. The van der Waals surface area contributed by atoms with E-state index in [9.17, 15) is 19.2 Å². The number of benzene rings is 1. The largest absolute Gasteiger partial charge is 0.491 e. The molecule has 0 unspecified atom stereocenters. The molecule has 16 nitrogen and oxygen atoms in total. The van der Waals surface area contributed by atoms with Crippen molar-refractivity contribution in [3.05, 3.63) is 69.8 Å². The fraction of sp³-hybridized carbons (Fsp3) is 0.353. The third kappa shape index (κ3) is 8.49. The molecular formula is C34H39N9O7S. The van der Waals surface area contributed by atoms with E-state index in [-0.39, 0.29) is 54.9 Å². The number of nitrogens with zero attached hydrogens (tertiary/aromatic N) is 6. The third-order valence-electron chi connectivity index (χ3n) is 7.40. The van der Waals surface area contributed by atoms with Crippen LogP contribution in [0.5, 0.6) is 5.75 Å². The first-order chi connectivity index (χ1) is 24.1. The predicted octanol–water partition coefficient (Wildman–Crippen LogP) is 3.58. The summed E-state index contributed by atoms with van der Waals surface area (Å²) in [5.41, 5.74) is 19.1. The van der Waals surface area contributed by atoms with Gasteiger partial charge in [-0.15, -0.1) is 0 Å². The lowest BCUT2D eigenvalue weighted by atomic mass is 10.1. The Bertz CT molecular complexity index is 2250. The van der Waals surface area contributed by atoms with Crippen LogP contribution in [0.3, 0.4) is 0 Å². The smallest absolute Gasteiger partial charge is 0.317 e. The normalized spacial score (nSPS) is 12.3. The van der Waals surface area contributed by atoms with E-state index in [0.29, 0.717) is 56.4 Å². The third-order valence-corrected chi connectivity index (χ3v) is 8.42. The number of anilines is 1. The predicted molar refractivity (Wildman–Crippen MR) is 189 cm³/mol. The summed E-state index contributed by atoms with van der Waals surface area (Å²) < 4.78 is 21.0. The van der Waals surface area contributed by atoms with Crippen molar-refractivity contribution in [2.75, 3.05) is 12.3 Å². The summed E-state index contributed by atoms with van der Waals surface area (Å²) in [6, 6.07) is 4.65. The number of carbonyl (C=O) groups is 4. The highest BCUT2D eigenvalue weighted by Crippen LogP contribution is 2.30. The van der Waals surface area contributed by atoms with Crippen LogP contribution in [0.2, 0.25) is 0 Å². The molecule has 51 heavy (non-hydrogen) atoms. The van der Waals surface area contributed by atoms with Crippen molar-refractivity contribution >= 4 is 62.4 Å². The number of primary amides is 2. The second-order valence-electron chi connectivity index (χ2n) is 12.5. The van der Waals surface area contributed by atoms with Crippen molar-refractivity contribution in [1.82, 2.24) is 24.1 Å². The number of oxazole rings is 1. The van der Waals surface area contributed by atoms with Gasteiger partial charge in [0.15, 0.2) is 16.3 Å². The Balaban J connectivity index is 1.43. The van der Waals surface area contributed by atoms with Gasteiger partial charge in [-0.1, -0.05) is 30.4 Å². The van der Waals surface area contributed by atoms with Gasteiger partial charge in [-0.2, -0.15) is 4.99 Å². The van der Waals surface area contributed by atoms with Crippen LogP contribution >= 0.6 is 11.3 Å². The number of rotatable bonds is 13. The van der Waals surface area contributed by atoms with Crippen LogP contribution < -0.4 is 26.7 Å². The van der Waals surface area contributed by atoms with Gasteiger partial charge < -0.3 is 35.7 Å². The molecule has 5 aromatic rings. The van der Waals surface area contributed by atoms with Crippen molar-refractivity contribution in [1.29, 1.82) is 0 Å². The van der Waals surface area contributed by atoms with Crippen molar-refractivity contribution in [3.63, 3.8) is 0 Å². The minimum Gasteiger partial charge on any atom is -0.491 e. The van der Waals surface area contributed by atoms with E-state index in [2.05, 4.69) is 19.9 Å². The number of pyridine rings is 1. The Morgan fingerprint density at radius 1 is 1.02 bits per heavy atom. The van der Waals surface area contributed by atoms with Gasteiger partial charge in [0.1, 0.15) is 16.9 Å². The molecule has 17 heteroatoms. The minimum atomic E-state index is -0.663. The molecule has 1 aromatic carbocycles. The first-order valence-corrected chi connectivity index (χ1v) is 16.9. The lowest BCUT2D eigenvalue weighted by molar-refractivity contribution is -0.155. The maximum atomic E-state index is 13.2. The second kappa shape index (κ2) is 15.0. The number of esters is 1. The number of allylic oxidation sites excluding steroid dienone is 2. The summed E-state index contributed by atoms with van der Waals surface area (Å²) in [4.78, 5) is 67.1. The molecule has 3 amide bonds. The van der Waals surface area contributed by atoms with Crippen LogP contribution in [0.1, 0.15) is 83.4 Å². The monoisotopic (exact) mass is 717 g/mol. The summed E-state index contributed by atoms with van der Waals surface area (Å²) >= 11 is 1.17. The molecule has 4 aromatic heterocycles. The molecule has 4 heterocycles. The molecule has 0 bridgehead atoms. The van der Waals surface area contributed by atoms with Crippen molar-refractivity contribution in [2.24, 2.45) is 16.5 Å². The molecular weight excluding hydrogens is 678 g/mol. The molecule has 0 atom stereocenters. The highest BCUT2D eigenvalue weighted by molar-refractivity contribution is 7.16. The minimum absolute atomic E-state index is 0.0603. The van der Waals surface area contributed by atoms with Crippen LogP contribution in [-0.4, -0.2) is 60.0 Å². The fourth-order valence-corrected chi connectivity index (χ4v) is 6.23. The standard InChI is InChI=1S/C34H39N9O7S/c1-6-21-27(49-18(2)39-21)31(47)41-33-43(30-24(51-33)16-20(17-38-30)29(36)46)12-8-7-11-42-26-22(40-32(42)37)14-19(28(35)45)15-23(26)48-13-9-10-25(44)50-34(3,4)5/h7-8,14-17H,6,9-13H2,1-5H3,(H2,35,45)(H2,36,46)(H2,37,40)/b8-7+,41-33-. The number of amides is 3. The zero-order valence-electron chi connectivity index (χ0n) is 28.9. The Morgan fingerprint density at radius 2 is 1.73 bits per heavy atom. The van der Waals surface area contributed by atoms with E-state index in [1.165, 1.54) is 29.7 Å². The maximum absolute atomic E-state index is 13.2. The van der Waals surface area contributed by atoms with Gasteiger partial charge in [0.2, 0.25) is 23.5 Å². The zero-order chi connectivity index (χ0) is 37.0. The van der Waals surface area contributed by atoms with E-state index < -0.39 is 23.3 Å². The van der Waals surface area contributed by atoms with E-state index >= 15 is 0 Å². The molecule has 0 aliphatic heterocycles. The van der Waals surface area contributed by atoms with Gasteiger partial charge in [-0.25, -0.2) is 15.0 Å². The zero-order valence-corrected chi connectivity index (χ0v) is 29.7. The topological polar surface area (TPSA) is 239 Å². The van der Waals surface area contributed by atoms with Gasteiger partial charge in [0.05, 0.1) is 28.1 Å². The van der Waals surface area contributed by atoms with Gasteiger partial charge >= 0.3 is 11.9 Å². The second-order valence-corrected chi connectivity index (χ2v) is 13.5. The van der Waals surface area contributed by atoms with Gasteiger partial charge in [-0.05, 0) is 51.8 Å². The number of hydrogen-bond acceptors (Lipinski definition) is 12. The first-order valence-electron chi connectivity index (χ1n) is 16.1. The van der Waals surface area contributed by atoms with Crippen molar-refractivity contribution in [3.8, 4) is 5.75 Å². The summed E-state index contributed by atoms with van der Waals surface area (Å²) in [5, 5.41) is 0. The van der Waals surface area contributed by atoms with Crippen molar-refractivity contribution in [2.45, 2.75) is 72.6 Å². The van der Waals surface area contributed by atoms with E-state index in [1.807, 2.05) is 19.1 Å². The van der Waals surface area contributed by atoms with Crippen LogP contribution in [0, 0.1) is 6.92 Å². The molecule has 0 aliphatic rings. The number of fused-ring (bicyclic) bond motifs is 2. The fourth-order valence-electron chi connectivity index (χ4n) is 5.19. The molecule has 0 fully saturated rings. The van der Waals surface area contributed by atoms with E-state index in [4.69, 9.17) is 31.1 Å². The highest BCUT2D eigenvalue weighted by Gasteiger charge is 2.20. The lowest BCUT2D eigenvalue weighted by Crippen LogP contribution is -2.24. The SMILES string of the molecule is CCc1nc(C)oc1C(=O)/N=c1\sc2cc(C(N)=O)cnc2n1C/C=C/Cn1c(N)nc2cc(C(N)=O)cc(OCCCC(=O)OC(C)(C)C)c21. The number of aromatic nitrogens is 5. The summed E-state index contributed by atoms with van der Waals surface area (Å²) in [7, 11) is 0. The average molecular weight is 718 g/mol. The first kappa shape index (κ1) is 36.4. The Morgan fingerprint density at radius 3 is 2.39 bits per heavy atom. The average Bonchev–Trinajstić information content (AvgIpc) is 3.71. The lowest BCUT2D eigenvalue weighted by Gasteiger charge is -2.19. The number of nitrogen functional groups attached to an aromatic ring is 1. The van der Waals surface area contributed by atoms with Crippen molar-refractivity contribution < 1.29 is 33.1 Å². The van der Waals surface area contributed by atoms with Crippen LogP contribution in [-0.2, 0) is 29.0 Å². The maximum Gasteiger partial charge on any atom is 0.317 e. The summed E-state index contributed by atoms with van der Waals surface area (Å²) in [5.74, 6) is -1.34. The van der Waals surface area contributed by atoms with Crippen LogP contribution in [0.25, 0.3) is 21.4 Å². The molecule has 0 saturated heterocycles. The summed E-state index contributed by atoms with van der Waals surface area (Å²) in [6.07, 6.45) is 6.03. The number of ether oxygens (including phenoxy) is 2. The number of thiazole rings is 1. The van der Waals surface area contributed by atoms with Gasteiger partial charge in [-0.3, -0.25) is 23.7 Å². The molecule has 0 spiro atoms. The Labute approximate surface area is 296 Å². The number of imidazole rings is 1. The molecule has 0 aliphatic carbocycles. The van der Waals surface area contributed by atoms with E-state index in [0.717, 1.165) is 0 Å².